The van der Waals surface area contributed by atoms with Crippen LogP contribution >= 0.6 is 0 Å². The average molecular weight is 235 g/mol. The highest BCUT2D eigenvalue weighted by atomic mass is 16.4. The first-order valence-electron chi connectivity index (χ1n) is 5.35. The van der Waals surface area contributed by atoms with Gasteiger partial charge in [-0.25, -0.2) is 0 Å². The fourth-order valence-corrected chi connectivity index (χ4v) is 2.00. The van der Waals surface area contributed by atoms with Crippen molar-refractivity contribution in [3.63, 3.8) is 0 Å². The van der Waals surface area contributed by atoms with Crippen LogP contribution in [-0.4, -0.2) is 28.7 Å². The summed E-state index contributed by atoms with van der Waals surface area (Å²) >= 11 is 0. The van der Waals surface area contributed by atoms with Crippen molar-refractivity contribution in [3.8, 4) is 0 Å². The number of carboxylic acids is 1. The van der Waals surface area contributed by atoms with Crippen molar-refractivity contribution in [2.75, 3.05) is 11.9 Å². The molecule has 5 heteroatoms. The number of carbonyl (C=O) groups is 2. The second-order valence-corrected chi connectivity index (χ2v) is 4.12. The van der Waals surface area contributed by atoms with Gasteiger partial charge in [-0.3, -0.25) is 9.59 Å². The van der Waals surface area contributed by atoms with Crippen LogP contribution in [0.25, 0.3) is 0 Å². The number of anilines is 1. The monoisotopic (exact) mass is 235 g/mol. The second-order valence-electron chi connectivity index (χ2n) is 4.12. The number of hydrogen-bond donors (Lipinski definition) is 3. The molecular formula is C12H13NO4. The van der Waals surface area contributed by atoms with Gasteiger partial charge in [0.1, 0.15) is 0 Å². The summed E-state index contributed by atoms with van der Waals surface area (Å²) in [4.78, 5) is 21.8. The molecule has 2 rings (SSSR count). The van der Waals surface area contributed by atoms with Crippen LogP contribution in [0.3, 0.4) is 0 Å². The largest absolute Gasteiger partial charge is 0.481 e. The Morgan fingerprint density at radius 1 is 1.47 bits per heavy atom. The lowest BCUT2D eigenvalue weighted by atomic mass is 9.94. The molecule has 1 amide bonds. The predicted molar refractivity (Wildman–Crippen MR) is 60.9 cm³/mol. The summed E-state index contributed by atoms with van der Waals surface area (Å²) < 4.78 is 0. The van der Waals surface area contributed by atoms with Crippen LogP contribution in [-0.2, 0) is 16.0 Å². The smallest absolute Gasteiger partial charge is 0.304 e. The molecule has 1 aliphatic heterocycles. The maximum Gasteiger partial charge on any atom is 0.304 e. The number of fused-ring (bicyclic) bond motifs is 1. The topological polar surface area (TPSA) is 86.6 Å². The molecule has 0 fully saturated rings. The molecule has 1 aliphatic rings. The Kier molecular flexibility index (Phi) is 3.10. The maximum absolute atomic E-state index is 11.2. The number of aliphatic hydroxyl groups excluding tert-OH is 1. The molecule has 90 valence electrons. The fourth-order valence-electron chi connectivity index (χ4n) is 2.00. The van der Waals surface area contributed by atoms with E-state index in [1.165, 1.54) is 0 Å². The third-order valence-corrected chi connectivity index (χ3v) is 2.87. The molecule has 0 bridgehead atoms. The van der Waals surface area contributed by atoms with E-state index in [1.807, 2.05) is 0 Å². The van der Waals surface area contributed by atoms with Gasteiger partial charge in [0.25, 0.3) is 0 Å². The normalized spacial score (nSPS) is 15.2. The van der Waals surface area contributed by atoms with E-state index in [1.54, 1.807) is 18.2 Å². The van der Waals surface area contributed by atoms with E-state index < -0.39 is 11.9 Å². The van der Waals surface area contributed by atoms with Crippen molar-refractivity contribution in [2.45, 2.75) is 18.8 Å². The van der Waals surface area contributed by atoms with Crippen molar-refractivity contribution < 1.29 is 19.8 Å². The second kappa shape index (κ2) is 4.55. The van der Waals surface area contributed by atoms with Gasteiger partial charge in [0.15, 0.2) is 0 Å². The summed E-state index contributed by atoms with van der Waals surface area (Å²) in [6.45, 7) is -0.216. The number of amides is 1. The summed E-state index contributed by atoms with van der Waals surface area (Å²) in [5, 5.41) is 20.6. The van der Waals surface area contributed by atoms with Crippen LogP contribution in [0.2, 0.25) is 0 Å². The number of aliphatic carboxylic acids is 1. The van der Waals surface area contributed by atoms with Gasteiger partial charge < -0.3 is 15.5 Å². The predicted octanol–water partition coefficient (Wildman–Crippen LogP) is 0.732. The highest BCUT2D eigenvalue weighted by Crippen LogP contribution is 2.28. The minimum absolute atomic E-state index is 0.0593. The number of nitrogens with one attached hydrogen (secondary N) is 1. The van der Waals surface area contributed by atoms with Crippen molar-refractivity contribution in [3.05, 3.63) is 29.3 Å². The first-order chi connectivity index (χ1) is 8.10. The van der Waals surface area contributed by atoms with Crippen LogP contribution in [0, 0.1) is 0 Å². The molecule has 0 spiro atoms. The molecular weight excluding hydrogens is 222 g/mol. The van der Waals surface area contributed by atoms with Crippen LogP contribution in [0.15, 0.2) is 18.2 Å². The summed E-state index contributed by atoms with van der Waals surface area (Å²) in [5.41, 5.74) is 2.38. The van der Waals surface area contributed by atoms with E-state index in [0.717, 1.165) is 16.8 Å². The van der Waals surface area contributed by atoms with Crippen LogP contribution in [0.1, 0.15) is 23.5 Å². The fraction of sp³-hybridized carbons (Fsp3) is 0.333. The number of rotatable bonds is 4. The van der Waals surface area contributed by atoms with Gasteiger partial charge in [0.05, 0.1) is 19.4 Å². The first kappa shape index (κ1) is 11.6. The zero-order chi connectivity index (χ0) is 12.4. The van der Waals surface area contributed by atoms with E-state index in [4.69, 9.17) is 5.11 Å². The molecule has 1 aromatic rings. The Labute approximate surface area is 98.1 Å². The number of aliphatic hydroxyl groups is 1. The summed E-state index contributed by atoms with van der Waals surface area (Å²) in [5.74, 6) is -1.43. The Bertz CT molecular complexity index is 470. The standard InChI is InChI=1S/C12H13NO4/c14-6-9(5-12(16)17)7-1-2-10-8(3-7)4-11(15)13-10/h1-3,9,14H,4-6H2,(H,13,15)(H,16,17). The van der Waals surface area contributed by atoms with Crippen molar-refractivity contribution in [2.24, 2.45) is 0 Å². The number of carboxylic acid groups (broad SMARTS) is 1. The first-order valence-corrected chi connectivity index (χ1v) is 5.35. The minimum Gasteiger partial charge on any atom is -0.481 e. The molecule has 0 radical (unpaired) electrons. The third kappa shape index (κ3) is 2.45. The van der Waals surface area contributed by atoms with Crippen LogP contribution in [0.5, 0.6) is 0 Å². The number of benzene rings is 1. The molecule has 0 saturated carbocycles. The lowest BCUT2D eigenvalue weighted by Gasteiger charge is -2.13. The lowest BCUT2D eigenvalue weighted by molar-refractivity contribution is -0.137. The van der Waals surface area contributed by atoms with Crippen molar-refractivity contribution in [1.82, 2.24) is 0 Å². The van der Waals surface area contributed by atoms with E-state index in [0.29, 0.717) is 6.42 Å². The molecule has 1 atom stereocenters. The van der Waals surface area contributed by atoms with Gasteiger partial charge in [-0.1, -0.05) is 12.1 Å². The molecule has 1 aromatic carbocycles. The number of carbonyl (C=O) groups excluding carboxylic acids is 1. The Morgan fingerprint density at radius 3 is 2.88 bits per heavy atom. The van der Waals surface area contributed by atoms with E-state index in [-0.39, 0.29) is 18.9 Å². The SMILES string of the molecule is O=C(O)CC(CO)c1ccc2c(c1)CC(=O)N2. The van der Waals surface area contributed by atoms with Crippen LogP contribution in [0.4, 0.5) is 5.69 Å². The molecule has 3 N–H and O–H groups in total. The molecule has 0 aliphatic carbocycles. The molecule has 17 heavy (non-hydrogen) atoms. The lowest BCUT2D eigenvalue weighted by Crippen LogP contribution is -2.10. The molecule has 0 saturated heterocycles. The zero-order valence-electron chi connectivity index (χ0n) is 9.14. The van der Waals surface area contributed by atoms with Crippen molar-refractivity contribution >= 4 is 17.6 Å². The summed E-state index contributed by atoms with van der Waals surface area (Å²) in [6, 6.07) is 5.28. The van der Waals surface area contributed by atoms with Crippen LogP contribution < -0.4 is 5.32 Å². The van der Waals surface area contributed by atoms with Gasteiger partial charge in [0, 0.05) is 11.6 Å². The quantitative estimate of drug-likeness (QED) is 0.718. The molecule has 5 nitrogen and oxygen atoms in total. The average Bonchev–Trinajstić information content (AvgIpc) is 2.64. The van der Waals surface area contributed by atoms with Gasteiger partial charge in [-0.15, -0.1) is 0 Å². The van der Waals surface area contributed by atoms with Crippen molar-refractivity contribution in [1.29, 1.82) is 0 Å². The Hall–Kier alpha value is -1.88. The highest BCUT2D eigenvalue weighted by molar-refractivity contribution is 5.99. The third-order valence-electron chi connectivity index (χ3n) is 2.87. The van der Waals surface area contributed by atoms with Gasteiger partial charge in [-0.05, 0) is 17.2 Å². The maximum atomic E-state index is 11.2. The van der Waals surface area contributed by atoms with E-state index in [2.05, 4.69) is 5.32 Å². The minimum atomic E-state index is -0.946. The zero-order valence-corrected chi connectivity index (χ0v) is 9.14. The highest BCUT2D eigenvalue weighted by Gasteiger charge is 2.21. The molecule has 1 heterocycles. The van der Waals surface area contributed by atoms with E-state index in [9.17, 15) is 14.7 Å². The Morgan fingerprint density at radius 2 is 2.24 bits per heavy atom. The Balaban J connectivity index is 2.24. The number of hydrogen-bond acceptors (Lipinski definition) is 3. The van der Waals surface area contributed by atoms with Gasteiger partial charge in [-0.2, -0.15) is 0 Å². The summed E-state index contributed by atoms with van der Waals surface area (Å²) in [7, 11) is 0. The van der Waals surface area contributed by atoms with Gasteiger partial charge >= 0.3 is 5.97 Å². The van der Waals surface area contributed by atoms with E-state index >= 15 is 0 Å². The van der Waals surface area contributed by atoms with Gasteiger partial charge in [0.2, 0.25) is 5.91 Å². The molecule has 0 aromatic heterocycles. The summed E-state index contributed by atoms with van der Waals surface area (Å²) in [6.07, 6.45) is 0.199. The molecule has 1 unspecified atom stereocenters.